The van der Waals surface area contributed by atoms with Gasteiger partial charge < -0.3 is 30.5 Å². The lowest BCUT2D eigenvalue weighted by atomic mass is 10.0. The third-order valence-electron chi connectivity index (χ3n) is 5.15. The van der Waals surface area contributed by atoms with Crippen LogP contribution in [0.2, 0.25) is 0 Å². The maximum absolute atomic E-state index is 12.1. The van der Waals surface area contributed by atoms with Crippen LogP contribution in [0.25, 0.3) is 0 Å². The van der Waals surface area contributed by atoms with Gasteiger partial charge in [0.25, 0.3) is 0 Å². The zero-order valence-electron chi connectivity index (χ0n) is 15.2. The highest BCUT2D eigenvalue weighted by atomic mass is 16.6. The second-order valence-corrected chi connectivity index (χ2v) is 7.01. The Morgan fingerprint density at radius 2 is 2.12 bits per heavy atom. The van der Waals surface area contributed by atoms with E-state index in [0.717, 1.165) is 30.7 Å². The minimum atomic E-state index is -0.694. The molecule has 0 unspecified atom stereocenters. The predicted molar refractivity (Wildman–Crippen MR) is 98.4 cm³/mol. The molecule has 2 heterocycles. The van der Waals surface area contributed by atoms with Crippen LogP contribution in [0.4, 0.5) is 4.79 Å². The minimum absolute atomic E-state index is 0.111. The van der Waals surface area contributed by atoms with Crippen LogP contribution >= 0.6 is 0 Å². The molecule has 7 heteroatoms. The van der Waals surface area contributed by atoms with Gasteiger partial charge in [-0.15, -0.1) is 0 Å². The summed E-state index contributed by atoms with van der Waals surface area (Å²) in [6.45, 7) is 2.06. The maximum Gasteiger partial charge on any atom is 0.407 e. The van der Waals surface area contributed by atoms with E-state index in [-0.39, 0.29) is 6.04 Å². The number of methoxy groups -OCH3 is 1. The van der Waals surface area contributed by atoms with E-state index in [1.807, 2.05) is 24.3 Å². The predicted octanol–water partition coefficient (Wildman–Crippen LogP) is 0.807. The smallest absolute Gasteiger partial charge is 0.407 e. The summed E-state index contributed by atoms with van der Waals surface area (Å²) in [5.74, 6) is 0.803. The molecule has 26 heavy (non-hydrogen) atoms. The fourth-order valence-electron chi connectivity index (χ4n) is 3.65. The summed E-state index contributed by atoms with van der Waals surface area (Å²) in [4.78, 5) is 12.1. The van der Waals surface area contributed by atoms with Crippen molar-refractivity contribution in [3.63, 3.8) is 0 Å². The first-order valence-corrected chi connectivity index (χ1v) is 9.38. The van der Waals surface area contributed by atoms with E-state index in [1.54, 1.807) is 7.11 Å². The molecule has 7 nitrogen and oxygen atoms in total. The molecule has 0 saturated carbocycles. The van der Waals surface area contributed by atoms with Gasteiger partial charge in [-0.2, -0.15) is 0 Å². The van der Waals surface area contributed by atoms with Crippen molar-refractivity contribution >= 4 is 6.09 Å². The third-order valence-corrected chi connectivity index (χ3v) is 5.15. The summed E-state index contributed by atoms with van der Waals surface area (Å²) >= 11 is 0. The van der Waals surface area contributed by atoms with E-state index in [2.05, 4.69) is 16.0 Å². The molecule has 2 aliphatic rings. The van der Waals surface area contributed by atoms with E-state index in [9.17, 15) is 9.90 Å². The number of β-amino-alcohol motifs (C(OH)–C–C–N with tert-alkyl or cyclic N) is 1. The van der Waals surface area contributed by atoms with E-state index in [4.69, 9.17) is 9.47 Å². The van der Waals surface area contributed by atoms with Gasteiger partial charge in [0, 0.05) is 19.1 Å². The first-order chi connectivity index (χ1) is 12.7. The molecule has 2 aliphatic heterocycles. The third kappa shape index (κ3) is 5.09. The highest BCUT2D eigenvalue weighted by Crippen LogP contribution is 2.19. The van der Waals surface area contributed by atoms with Crippen molar-refractivity contribution in [2.24, 2.45) is 0 Å². The number of aliphatic hydroxyl groups is 1. The highest BCUT2D eigenvalue weighted by Gasteiger charge is 2.37. The standard InChI is InChI=1S/C19H29N3O4/c1-25-15-6-4-13(5-7-15)11-16-18(17(23)12-22-16)26-19(24)21-10-8-14-3-2-9-20-14/h4-7,14,16-18,20,22-23H,2-3,8-12H2,1H3,(H,21,24)/t14-,16-,17+,18+/m1/s1. The van der Waals surface area contributed by atoms with Crippen LogP contribution in [-0.2, 0) is 11.2 Å². The fourth-order valence-corrected chi connectivity index (χ4v) is 3.65. The van der Waals surface area contributed by atoms with Crippen LogP contribution in [0.15, 0.2) is 24.3 Å². The SMILES string of the molecule is COc1ccc(C[C@H]2NC[C@H](O)[C@H]2OC(=O)NCC[C@H]2CCCN2)cc1. The Morgan fingerprint density at radius 3 is 2.81 bits per heavy atom. The Labute approximate surface area is 154 Å². The fraction of sp³-hybridized carbons (Fsp3) is 0.632. The van der Waals surface area contributed by atoms with Gasteiger partial charge in [-0.25, -0.2) is 4.79 Å². The first kappa shape index (κ1) is 18.9. The van der Waals surface area contributed by atoms with Crippen molar-refractivity contribution in [2.75, 3.05) is 26.7 Å². The number of nitrogens with one attached hydrogen (secondary N) is 3. The summed E-state index contributed by atoms with van der Waals surface area (Å²) < 4.78 is 10.7. The molecule has 0 spiro atoms. The number of carbonyl (C=O) groups is 1. The Hall–Kier alpha value is -1.83. The number of amides is 1. The maximum atomic E-state index is 12.1. The molecule has 0 aromatic heterocycles. The lowest BCUT2D eigenvalue weighted by Gasteiger charge is -2.22. The molecule has 144 valence electrons. The second-order valence-electron chi connectivity index (χ2n) is 7.01. The van der Waals surface area contributed by atoms with Crippen LogP contribution in [0.5, 0.6) is 5.75 Å². The molecule has 2 saturated heterocycles. The summed E-state index contributed by atoms with van der Waals surface area (Å²) in [6, 6.07) is 8.15. The average Bonchev–Trinajstić information content (AvgIpc) is 3.28. The highest BCUT2D eigenvalue weighted by molar-refractivity contribution is 5.67. The lowest BCUT2D eigenvalue weighted by molar-refractivity contribution is 0.0189. The molecule has 1 aromatic carbocycles. The van der Waals surface area contributed by atoms with Crippen molar-refractivity contribution in [1.82, 2.24) is 16.0 Å². The van der Waals surface area contributed by atoms with Crippen LogP contribution in [0, 0.1) is 0 Å². The summed E-state index contributed by atoms with van der Waals surface area (Å²) in [5, 5.41) is 19.6. The molecule has 0 aliphatic carbocycles. The largest absolute Gasteiger partial charge is 0.497 e. The molecule has 1 aromatic rings. The quantitative estimate of drug-likeness (QED) is 0.573. The number of hydrogen-bond acceptors (Lipinski definition) is 6. The van der Waals surface area contributed by atoms with Gasteiger partial charge in [0.2, 0.25) is 0 Å². The molecule has 1 amide bonds. The number of aliphatic hydroxyl groups excluding tert-OH is 1. The van der Waals surface area contributed by atoms with Gasteiger partial charge in [-0.05, 0) is 49.9 Å². The van der Waals surface area contributed by atoms with Crippen molar-refractivity contribution < 1.29 is 19.4 Å². The summed E-state index contributed by atoms with van der Waals surface area (Å²) in [6.07, 6.45) is 2.21. The number of benzene rings is 1. The number of alkyl carbamates (subject to hydrolysis) is 1. The van der Waals surface area contributed by atoms with Crippen molar-refractivity contribution in [3.05, 3.63) is 29.8 Å². The van der Waals surface area contributed by atoms with Crippen molar-refractivity contribution in [1.29, 1.82) is 0 Å². The van der Waals surface area contributed by atoms with Gasteiger partial charge in [-0.3, -0.25) is 0 Å². The van der Waals surface area contributed by atoms with Crippen molar-refractivity contribution in [3.8, 4) is 5.75 Å². The van der Waals surface area contributed by atoms with E-state index >= 15 is 0 Å². The van der Waals surface area contributed by atoms with E-state index in [0.29, 0.717) is 25.6 Å². The average molecular weight is 363 g/mol. The van der Waals surface area contributed by atoms with Gasteiger partial charge in [0.05, 0.1) is 13.2 Å². The Morgan fingerprint density at radius 1 is 1.31 bits per heavy atom. The van der Waals surface area contributed by atoms with Gasteiger partial charge >= 0.3 is 6.09 Å². The normalized spacial score (nSPS) is 28.1. The van der Waals surface area contributed by atoms with Crippen LogP contribution in [-0.4, -0.2) is 62.2 Å². The Balaban J connectivity index is 1.46. The molecular formula is C19H29N3O4. The molecule has 2 fully saturated rings. The van der Waals surface area contributed by atoms with E-state index in [1.165, 1.54) is 6.42 Å². The van der Waals surface area contributed by atoms with Gasteiger partial charge in [0.1, 0.15) is 18.0 Å². The summed E-state index contributed by atoms with van der Waals surface area (Å²) in [5.41, 5.74) is 1.10. The molecule has 0 radical (unpaired) electrons. The zero-order valence-corrected chi connectivity index (χ0v) is 15.2. The van der Waals surface area contributed by atoms with E-state index < -0.39 is 18.3 Å². The molecule has 3 rings (SSSR count). The lowest BCUT2D eigenvalue weighted by Crippen LogP contribution is -2.42. The molecule has 4 N–H and O–H groups in total. The monoisotopic (exact) mass is 363 g/mol. The number of ether oxygens (including phenoxy) is 2. The minimum Gasteiger partial charge on any atom is -0.497 e. The molecular weight excluding hydrogens is 334 g/mol. The zero-order chi connectivity index (χ0) is 18.4. The number of carbonyl (C=O) groups excluding carboxylic acids is 1. The number of hydrogen-bond donors (Lipinski definition) is 4. The van der Waals surface area contributed by atoms with Crippen LogP contribution in [0.3, 0.4) is 0 Å². The van der Waals surface area contributed by atoms with Gasteiger partial charge in [-0.1, -0.05) is 12.1 Å². The molecule has 4 atom stereocenters. The van der Waals surface area contributed by atoms with Crippen LogP contribution in [0.1, 0.15) is 24.8 Å². The first-order valence-electron chi connectivity index (χ1n) is 9.38. The second kappa shape index (κ2) is 9.21. The van der Waals surface area contributed by atoms with Crippen LogP contribution < -0.4 is 20.7 Å². The summed E-state index contributed by atoms with van der Waals surface area (Å²) in [7, 11) is 1.63. The van der Waals surface area contributed by atoms with Gasteiger partial charge in [0.15, 0.2) is 0 Å². The topological polar surface area (TPSA) is 91.8 Å². The number of rotatable bonds is 7. The Kier molecular flexibility index (Phi) is 6.71. The van der Waals surface area contributed by atoms with Crippen molar-refractivity contribution in [2.45, 2.75) is 50.0 Å². The Bertz CT molecular complexity index is 575. The molecule has 0 bridgehead atoms.